The van der Waals surface area contributed by atoms with Gasteiger partial charge >= 0.3 is 6.03 Å². The van der Waals surface area contributed by atoms with Crippen molar-refractivity contribution in [2.75, 3.05) is 20.6 Å². The second-order valence-electron chi connectivity index (χ2n) is 7.02. The van der Waals surface area contributed by atoms with Gasteiger partial charge in [-0.05, 0) is 44.3 Å². The van der Waals surface area contributed by atoms with Crippen molar-refractivity contribution >= 4 is 23.5 Å². The van der Waals surface area contributed by atoms with Gasteiger partial charge in [0.1, 0.15) is 0 Å². The van der Waals surface area contributed by atoms with Crippen LogP contribution in [0.2, 0.25) is 5.02 Å². The molecule has 28 heavy (non-hydrogen) atoms. The van der Waals surface area contributed by atoms with E-state index in [1.54, 1.807) is 24.3 Å². The zero-order chi connectivity index (χ0) is 20.7. The molecular formula is C21H27ClN4O2. The number of halogens is 1. The third-order valence-corrected chi connectivity index (χ3v) is 4.74. The molecule has 2 atom stereocenters. The summed E-state index contributed by atoms with van der Waals surface area (Å²) in [7, 11) is 3.93. The van der Waals surface area contributed by atoms with Crippen LogP contribution in [0.5, 0.6) is 0 Å². The first kappa shape index (κ1) is 21.7. The van der Waals surface area contributed by atoms with Gasteiger partial charge in [-0.3, -0.25) is 4.79 Å². The highest BCUT2D eigenvalue weighted by Crippen LogP contribution is 2.21. The van der Waals surface area contributed by atoms with Crippen molar-refractivity contribution in [3.8, 4) is 0 Å². The maximum Gasteiger partial charge on any atom is 0.315 e. The SMILES string of the molecule is Cc1ccc(C(CNC(=O)N[C@H](CC(N)=O)c2cccc(Cl)c2)N(C)C)cc1. The molecule has 1 unspecified atom stereocenters. The third-order valence-electron chi connectivity index (χ3n) is 4.50. The van der Waals surface area contributed by atoms with E-state index in [1.807, 2.05) is 38.1 Å². The van der Waals surface area contributed by atoms with Crippen molar-refractivity contribution in [2.45, 2.75) is 25.4 Å². The number of hydrogen-bond acceptors (Lipinski definition) is 3. The zero-order valence-electron chi connectivity index (χ0n) is 16.4. The van der Waals surface area contributed by atoms with Gasteiger partial charge in [-0.25, -0.2) is 4.79 Å². The van der Waals surface area contributed by atoms with Crippen LogP contribution in [0.1, 0.15) is 35.2 Å². The first-order chi connectivity index (χ1) is 13.3. The fraction of sp³-hybridized carbons (Fsp3) is 0.333. The van der Waals surface area contributed by atoms with Gasteiger partial charge in [0.25, 0.3) is 0 Å². The van der Waals surface area contributed by atoms with E-state index >= 15 is 0 Å². The van der Waals surface area contributed by atoms with E-state index in [0.29, 0.717) is 11.6 Å². The third kappa shape index (κ3) is 6.55. The summed E-state index contributed by atoms with van der Waals surface area (Å²) in [5.74, 6) is -0.504. The predicted octanol–water partition coefficient (Wildman–Crippen LogP) is 3.17. The summed E-state index contributed by atoms with van der Waals surface area (Å²) in [6.45, 7) is 2.45. The van der Waals surface area contributed by atoms with Crippen LogP contribution in [-0.4, -0.2) is 37.5 Å². The minimum Gasteiger partial charge on any atom is -0.370 e. The second kappa shape index (κ2) is 10.1. The first-order valence-corrected chi connectivity index (χ1v) is 9.45. The molecular weight excluding hydrogens is 376 g/mol. The Labute approximate surface area is 171 Å². The molecule has 0 aliphatic carbocycles. The Bertz CT molecular complexity index is 808. The van der Waals surface area contributed by atoms with Crippen LogP contribution in [0.3, 0.4) is 0 Å². The summed E-state index contributed by atoms with van der Waals surface area (Å²) in [6, 6.07) is 14.3. The molecule has 3 amide bonds. The Hall–Kier alpha value is -2.57. The fourth-order valence-electron chi connectivity index (χ4n) is 2.96. The van der Waals surface area contributed by atoms with E-state index in [4.69, 9.17) is 17.3 Å². The largest absolute Gasteiger partial charge is 0.370 e. The second-order valence-corrected chi connectivity index (χ2v) is 7.46. The number of hydrogen-bond donors (Lipinski definition) is 3. The summed E-state index contributed by atoms with van der Waals surface area (Å²) in [5.41, 5.74) is 8.36. The van der Waals surface area contributed by atoms with Gasteiger partial charge in [0, 0.05) is 11.6 Å². The van der Waals surface area contributed by atoms with Gasteiger partial charge in [-0.2, -0.15) is 0 Å². The van der Waals surface area contributed by atoms with E-state index in [-0.39, 0.29) is 18.5 Å². The lowest BCUT2D eigenvalue weighted by atomic mass is 10.0. The van der Waals surface area contributed by atoms with Crippen molar-refractivity contribution < 1.29 is 9.59 Å². The van der Waals surface area contributed by atoms with Crippen molar-refractivity contribution in [3.63, 3.8) is 0 Å². The number of rotatable bonds is 8. The summed E-state index contributed by atoms with van der Waals surface area (Å²) < 4.78 is 0. The van der Waals surface area contributed by atoms with Crippen LogP contribution < -0.4 is 16.4 Å². The van der Waals surface area contributed by atoms with Gasteiger partial charge in [0.05, 0.1) is 18.5 Å². The lowest BCUT2D eigenvalue weighted by molar-refractivity contribution is -0.118. The summed E-state index contributed by atoms with van der Waals surface area (Å²) in [4.78, 5) is 26.0. The monoisotopic (exact) mass is 402 g/mol. The van der Waals surface area contributed by atoms with Crippen LogP contribution in [0, 0.1) is 6.92 Å². The molecule has 6 nitrogen and oxygen atoms in total. The Morgan fingerprint density at radius 2 is 1.79 bits per heavy atom. The molecule has 7 heteroatoms. The smallest absolute Gasteiger partial charge is 0.315 e. The van der Waals surface area contributed by atoms with E-state index < -0.39 is 11.9 Å². The molecule has 0 aliphatic heterocycles. The molecule has 0 aliphatic rings. The van der Waals surface area contributed by atoms with Gasteiger partial charge in [0.15, 0.2) is 0 Å². The molecule has 2 aromatic carbocycles. The number of nitrogens with two attached hydrogens (primary N) is 1. The molecule has 0 spiro atoms. The van der Waals surface area contributed by atoms with Crippen molar-refractivity contribution in [2.24, 2.45) is 5.73 Å². The number of urea groups is 1. The number of nitrogens with one attached hydrogen (secondary N) is 2. The standard InChI is InChI=1S/C21H27ClN4O2/c1-14-7-9-15(10-8-14)19(26(2)3)13-24-21(28)25-18(12-20(23)27)16-5-4-6-17(22)11-16/h4-11,18-19H,12-13H2,1-3H3,(H2,23,27)(H2,24,25,28)/t18-,19?/m1/s1. The van der Waals surface area contributed by atoms with Crippen LogP contribution in [-0.2, 0) is 4.79 Å². The number of amides is 3. The quantitative estimate of drug-likeness (QED) is 0.633. The molecule has 0 saturated heterocycles. The number of carbonyl (C=O) groups is 2. The van der Waals surface area contributed by atoms with Crippen molar-refractivity contribution in [1.82, 2.24) is 15.5 Å². The van der Waals surface area contributed by atoms with Crippen LogP contribution >= 0.6 is 11.6 Å². The van der Waals surface area contributed by atoms with Crippen molar-refractivity contribution in [3.05, 3.63) is 70.2 Å². The number of likely N-dealkylation sites (N-methyl/N-ethyl adjacent to an activating group) is 1. The predicted molar refractivity (Wildman–Crippen MR) is 112 cm³/mol. The summed E-state index contributed by atoms with van der Waals surface area (Å²) >= 11 is 6.03. The maximum absolute atomic E-state index is 12.5. The van der Waals surface area contributed by atoms with Crippen LogP contribution in [0.25, 0.3) is 0 Å². The van der Waals surface area contributed by atoms with Gasteiger partial charge < -0.3 is 21.3 Å². The highest BCUT2D eigenvalue weighted by molar-refractivity contribution is 6.30. The average molecular weight is 403 g/mol. The lowest BCUT2D eigenvalue weighted by Crippen LogP contribution is -2.42. The molecule has 0 radical (unpaired) electrons. The first-order valence-electron chi connectivity index (χ1n) is 9.07. The Morgan fingerprint density at radius 3 is 2.36 bits per heavy atom. The van der Waals surface area contributed by atoms with E-state index in [9.17, 15) is 9.59 Å². The topological polar surface area (TPSA) is 87.5 Å². The normalized spacial score (nSPS) is 13.0. The van der Waals surface area contributed by atoms with Crippen LogP contribution in [0.15, 0.2) is 48.5 Å². The molecule has 4 N–H and O–H groups in total. The minimum atomic E-state index is -0.548. The summed E-state index contributed by atoms with van der Waals surface area (Å²) in [6.07, 6.45) is -0.0111. The number of carbonyl (C=O) groups excluding carboxylic acids is 2. The number of benzene rings is 2. The maximum atomic E-state index is 12.5. The number of nitrogens with zero attached hydrogens (tertiary/aromatic N) is 1. The Kier molecular flexibility index (Phi) is 7.84. The molecule has 0 aromatic heterocycles. The molecule has 0 heterocycles. The molecule has 2 aromatic rings. The molecule has 2 rings (SSSR count). The van der Waals surface area contributed by atoms with E-state index in [0.717, 1.165) is 11.1 Å². The van der Waals surface area contributed by atoms with Crippen LogP contribution in [0.4, 0.5) is 4.79 Å². The number of aryl methyl sites for hydroxylation is 1. The molecule has 0 bridgehead atoms. The van der Waals surface area contributed by atoms with Gasteiger partial charge in [-0.15, -0.1) is 0 Å². The average Bonchev–Trinajstić information content (AvgIpc) is 2.62. The highest BCUT2D eigenvalue weighted by atomic mass is 35.5. The molecule has 0 fully saturated rings. The molecule has 0 saturated carbocycles. The Balaban J connectivity index is 2.04. The minimum absolute atomic E-state index is 0.0111. The molecule has 150 valence electrons. The summed E-state index contributed by atoms with van der Waals surface area (Å²) in [5, 5.41) is 6.24. The fourth-order valence-corrected chi connectivity index (χ4v) is 3.16. The Morgan fingerprint density at radius 1 is 1.11 bits per heavy atom. The highest BCUT2D eigenvalue weighted by Gasteiger charge is 2.19. The van der Waals surface area contributed by atoms with Crippen molar-refractivity contribution in [1.29, 1.82) is 0 Å². The van der Waals surface area contributed by atoms with Gasteiger partial charge in [-0.1, -0.05) is 53.6 Å². The number of primary amides is 1. The van der Waals surface area contributed by atoms with E-state index in [2.05, 4.69) is 22.8 Å². The van der Waals surface area contributed by atoms with E-state index in [1.165, 1.54) is 5.56 Å². The zero-order valence-corrected chi connectivity index (χ0v) is 17.2. The lowest BCUT2D eigenvalue weighted by Gasteiger charge is -2.26. The van der Waals surface area contributed by atoms with Gasteiger partial charge in [0.2, 0.25) is 5.91 Å².